The number of rotatable bonds is 3. The van der Waals surface area contributed by atoms with Crippen molar-refractivity contribution in [2.75, 3.05) is 26.2 Å². The normalized spacial score (nSPS) is 21.9. The van der Waals surface area contributed by atoms with Gasteiger partial charge in [0.1, 0.15) is 0 Å². The van der Waals surface area contributed by atoms with E-state index in [-0.39, 0.29) is 0 Å². The van der Waals surface area contributed by atoms with E-state index in [0.717, 1.165) is 12.6 Å². The zero-order chi connectivity index (χ0) is 14.9. The van der Waals surface area contributed by atoms with E-state index < -0.39 is 0 Å². The Bertz CT molecular complexity index is 631. The summed E-state index contributed by atoms with van der Waals surface area (Å²) in [5, 5.41) is 1.40. The largest absolute Gasteiger partial charge is 0.361 e. The quantitative estimate of drug-likeness (QED) is 0.936. The highest BCUT2D eigenvalue weighted by atomic mass is 15.2. The molecule has 1 aromatic carbocycles. The molecular formula is C19H27N3. The molecule has 2 aromatic rings. The van der Waals surface area contributed by atoms with Crippen molar-refractivity contribution in [2.45, 2.75) is 45.2 Å². The molecule has 2 aliphatic heterocycles. The number of para-hydroxylation sites is 1. The first kappa shape index (κ1) is 14.3. The molecule has 4 rings (SSSR count). The monoisotopic (exact) mass is 297 g/mol. The van der Waals surface area contributed by atoms with Crippen LogP contribution in [-0.2, 0) is 6.54 Å². The highest BCUT2D eigenvalue weighted by Crippen LogP contribution is 2.25. The van der Waals surface area contributed by atoms with E-state index in [1.54, 1.807) is 0 Å². The molecule has 1 N–H and O–H groups in total. The first-order valence-corrected chi connectivity index (χ1v) is 8.83. The van der Waals surface area contributed by atoms with Gasteiger partial charge in [0.05, 0.1) is 0 Å². The van der Waals surface area contributed by atoms with Crippen molar-refractivity contribution in [3.05, 3.63) is 35.5 Å². The summed E-state index contributed by atoms with van der Waals surface area (Å²) in [7, 11) is 0. The number of aromatic amines is 1. The summed E-state index contributed by atoms with van der Waals surface area (Å²) < 4.78 is 0. The summed E-state index contributed by atoms with van der Waals surface area (Å²) in [5.74, 6) is 0. The summed E-state index contributed by atoms with van der Waals surface area (Å²) in [4.78, 5) is 8.83. The minimum Gasteiger partial charge on any atom is -0.361 e. The van der Waals surface area contributed by atoms with Gasteiger partial charge in [0.25, 0.3) is 0 Å². The lowest BCUT2D eigenvalue weighted by atomic mass is 10.0. The van der Waals surface area contributed by atoms with Gasteiger partial charge in [-0.05, 0) is 69.9 Å². The van der Waals surface area contributed by atoms with E-state index in [0.29, 0.717) is 0 Å². The Morgan fingerprint density at radius 1 is 1.09 bits per heavy atom. The lowest BCUT2D eigenvalue weighted by Crippen LogP contribution is -2.43. The predicted octanol–water partition coefficient (Wildman–Crippen LogP) is 3.54. The Hall–Kier alpha value is -1.32. The molecule has 22 heavy (non-hydrogen) atoms. The average molecular weight is 297 g/mol. The number of nitrogens with zero attached hydrogens (tertiary/aromatic N) is 2. The number of benzene rings is 1. The van der Waals surface area contributed by atoms with Gasteiger partial charge in [-0.25, -0.2) is 0 Å². The molecule has 0 aliphatic carbocycles. The number of nitrogens with one attached hydrogen (secondary N) is 1. The minimum atomic E-state index is 0.851. The van der Waals surface area contributed by atoms with Crippen LogP contribution in [0.3, 0.4) is 0 Å². The number of aryl methyl sites for hydroxylation is 1. The second kappa shape index (κ2) is 6.05. The van der Waals surface area contributed by atoms with Gasteiger partial charge in [-0.15, -0.1) is 0 Å². The van der Waals surface area contributed by atoms with E-state index in [1.807, 2.05) is 0 Å². The Kier molecular flexibility index (Phi) is 3.93. The molecule has 0 spiro atoms. The fraction of sp³-hybridized carbons (Fsp3) is 0.579. The van der Waals surface area contributed by atoms with Crippen LogP contribution in [0.15, 0.2) is 24.4 Å². The Balaban J connectivity index is 1.40. The maximum atomic E-state index is 3.46. The molecule has 0 bridgehead atoms. The zero-order valence-electron chi connectivity index (χ0n) is 13.6. The van der Waals surface area contributed by atoms with Crippen LogP contribution in [0.5, 0.6) is 0 Å². The molecule has 0 unspecified atom stereocenters. The summed E-state index contributed by atoms with van der Waals surface area (Å²) >= 11 is 0. The third-order valence-electron chi connectivity index (χ3n) is 5.62. The van der Waals surface area contributed by atoms with Crippen molar-refractivity contribution in [3.63, 3.8) is 0 Å². The van der Waals surface area contributed by atoms with E-state index in [9.17, 15) is 0 Å². The van der Waals surface area contributed by atoms with E-state index in [1.165, 1.54) is 73.9 Å². The van der Waals surface area contributed by atoms with E-state index in [2.05, 4.69) is 46.1 Å². The molecule has 0 radical (unpaired) electrons. The number of hydrogen-bond acceptors (Lipinski definition) is 2. The summed E-state index contributed by atoms with van der Waals surface area (Å²) in [6.45, 7) is 8.46. The Morgan fingerprint density at radius 3 is 2.64 bits per heavy atom. The molecule has 0 atom stereocenters. The van der Waals surface area contributed by atoms with Gasteiger partial charge in [-0.3, -0.25) is 4.90 Å². The third kappa shape index (κ3) is 2.68. The van der Waals surface area contributed by atoms with Crippen molar-refractivity contribution in [1.29, 1.82) is 0 Å². The van der Waals surface area contributed by atoms with Gasteiger partial charge < -0.3 is 9.88 Å². The number of fused-ring (bicyclic) bond motifs is 1. The van der Waals surface area contributed by atoms with Gasteiger partial charge in [-0.1, -0.05) is 18.2 Å². The molecule has 1 aromatic heterocycles. The lowest BCUT2D eigenvalue weighted by Gasteiger charge is -2.36. The maximum Gasteiger partial charge on any atom is 0.0487 e. The van der Waals surface area contributed by atoms with Gasteiger partial charge in [0.2, 0.25) is 0 Å². The molecule has 2 aliphatic rings. The summed E-state index contributed by atoms with van der Waals surface area (Å²) in [6, 6.07) is 7.47. The first-order valence-electron chi connectivity index (χ1n) is 8.83. The van der Waals surface area contributed by atoms with Crippen molar-refractivity contribution >= 4 is 10.9 Å². The highest BCUT2D eigenvalue weighted by molar-refractivity contribution is 5.85. The fourth-order valence-electron chi connectivity index (χ4n) is 4.29. The van der Waals surface area contributed by atoms with E-state index >= 15 is 0 Å². The van der Waals surface area contributed by atoms with Crippen molar-refractivity contribution in [3.8, 4) is 0 Å². The smallest absolute Gasteiger partial charge is 0.0487 e. The lowest BCUT2D eigenvalue weighted by molar-refractivity contribution is 0.123. The van der Waals surface area contributed by atoms with Crippen LogP contribution in [0.2, 0.25) is 0 Å². The van der Waals surface area contributed by atoms with Crippen LogP contribution in [0.25, 0.3) is 10.9 Å². The van der Waals surface area contributed by atoms with Crippen LogP contribution < -0.4 is 0 Å². The third-order valence-corrected chi connectivity index (χ3v) is 5.62. The molecule has 3 heteroatoms. The van der Waals surface area contributed by atoms with Gasteiger partial charge in [-0.2, -0.15) is 0 Å². The fourth-order valence-corrected chi connectivity index (χ4v) is 4.29. The molecule has 3 nitrogen and oxygen atoms in total. The highest BCUT2D eigenvalue weighted by Gasteiger charge is 2.26. The number of likely N-dealkylation sites (tertiary alicyclic amines) is 2. The number of piperidine rings is 1. The molecule has 118 valence electrons. The molecular weight excluding hydrogens is 270 g/mol. The number of aromatic nitrogens is 1. The number of hydrogen-bond donors (Lipinski definition) is 1. The maximum absolute atomic E-state index is 3.46. The predicted molar refractivity (Wildman–Crippen MR) is 92.1 cm³/mol. The topological polar surface area (TPSA) is 22.3 Å². The molecule has 0 amide bonds. The van der Waals surface area contributed by atoms with Crippen molar-refractivity contribution < 1.29 is 0 Å². The van der Waals surface area contributed by atoms with Gasteiger partial charge >= 0.3 is 0 Å². The Labute approximate surface area is 133 Å². The number of H-pyrrole nitrogens is 1. The average Bonchev–Trinajstić information content (AvgIpc) is 3.19. The van der Waals surface area contributed by atoms with Crippen LogP contribution >= 0.6 is 0 Å². The standard InChI is InChI=1S/C19H27N3/c1-15-5-4-6-18-16(13-20-19(15)18)14-21-11-7-17(8-12-21)22-9-2-3-10-22/h4-6,13,17,20H,2-3,7-12,14H2,1H3. The van der Waals surface area contributed by atoms with Gasteiger partial charge in [0, 0.05) is 29.7 Å². The van der Waals surface area contributed by atoms with Crippen molar-refractivity contribution in [2.24, 2.45) is 0 Å². The molecule has 3 heterocycles. The second-order valence-corrected chi connectivity index (χ2v) is 7.06. The van der Waals surface area contributed by atoms with Crippen LogP contribution in [0.4, 0.5) is 0 Å². The molecule has 2 saturated heterocycles. The zero-order valence-corrected chi connectivity index (χ0v) is 13.6. The minimum absolute atomic E-state index is 0.851. The second-order valence-electron chi connectivity index (χ2n) is 7.06. The summed E-state index contributed by atoms with van der Waals surface area (Å²) in [5.41, 5.74) is 4.11. The SMILES string of the molecule is Cc1cccc2c(CN3CCC(N4CCCC4)CC3)c[nH]c12. The van der Waals surface area contributed by atoms with Gasteiger partial charge in [0.15, 0.2) is 0 Å². The van der Waals surface area contributed by atoms with E-state index in [4.69, 9.17) is 0 Å². The summed E-state index contributed by atoms with van der Waals surface area (Å²) in [6.07, 6.45) is 7.73. The van der Waals surface area contributed by atoms with Crippen LogP contribution in [0, 0.1) is 6.92 Å². The Morgan fingerprint density at radius 2 is 1.86 bits per heavy atom. The van der Waals surface area contributed by atoms with Crippen LogP contribution in [0.1, 0.15) is 36.8 Å². The van der Waals surface area contributed by atoms with Crippen molar-refractivity contribution in [1.82, 2.24) is 14.8 Å². The molecule has 2 fully saturated rings. The van der Waals surface area contributed by atoms with Crippen LogP contribution in [-0.4, -0.2) is 47.0 Å². The molecule has 0 saturated carbocycles. The first-order chi connectivity index (χ1) is 10.8.